The van der Waals surface area contributed by atoms with Crippen LogP contribution in [0.15, 0.2) is 0 Å². The zero-order valence-electron chi connectivity index (χ0n) is 13.3. The van der Waals surface area contributed by atoms with Crippen molar-refractivity contribution in [3.8, 4) is 17.2 Å². The van der Waals surface area contributed by atoms with Crippen molar-refractivity contribution < 1.29 is 30.4 Å². The molecule has 21 heavy (non-hydrogen) atoms. The standard InChI is InChI=1S/C15H24O6/c1-7(2)10-11(8(3)4)13(19-16)15(21-18)14(20-17)12(10)9(5)6/h7-9,16-18H,1-6H3. The van der Waals surface area contributed by atoms with Crippen LogP contribution in [0.3, 0.4) is 0 Å². The van der Waals surface area contributed by atoms with Crippen molar-refractivity contribution in [2.45, 2.75) is 59.3 Å². The summed E-state index contributed by atoms with van der Waals surface area (Å²) >= 11 is 0. The average Bonchev–Trinajstić information content (AvgIpc) is 2.42. The van der Waals surface area contributed by atoms with E-state index < -0.39 is 0 Å². The van der Waals surface area contributed by atoms with Gasteiger partial charge in [0.2, 0.25) is 11.5 Å². The average molecular weight is 300 g/mol. The third-order valence-corrected chi connectivity index (χ3v) is 3.49. The molecular formula is C15H24O6. The molecule has 0 saturated heterocycles. The Morgan fingerprint density at radius 3 is 1.00 bits per heavy atom. The third-order valence-electron chi connectivity index (χ3n) is 3.49. The lowest BCUT2D eigenvalue weighted by Crippen LogP contribution is -2.12. The van der Waals surface area contributed by atoms with E-state index in [-0.39, 0.29) is 35.0 Å². The van der Waals surface area contributed by atoms with Gasteiger partial charge in [0.25, 0.3) is 5.75 Å². The minimum atomic E-state index is -0.239. The predicted molar refractivity (Wildman–Crippen MR) is 78.5 cm³/mol. The Bertz CT molecular complexity index is 456. The molecule has 0 aliphatic heterocycles. The maximum absolute atomic E-state index is 9.21. The first-order valence-electron chi connectivity index (χ1n) is 6.99. The molecule has 0 atom stereocenters. The second kappa shape index (κ2) is 6.98. The summed E-state index contributed by atoms with van der Waals surface area (Å²) in [6, 6.07) is 0. The molecule has 0 radical (unpaired) electrons. The van der Waals surface area contributed by atoms with E-state index in [1.54, 1.807) is 0 Å². The summed E-state index contributed by atoms with van der Waals surface area (Å²) in [5.41, 5.74) is 2.32. The molecule has 0 saturated carbocycles. The van der Waals surface area contributed by atoms with Crippen LogP contribution in [-0.2, 0) is 0 Å². The lowest BCUT2D eigenvalue weighted by molar-refractivity contribution is -0.178. The summed E-state index contributed by atoms with van der Waals surface area (Å²) in [5.74, 6) is -0.242. The van der Waals surface area contributed by atoms with Gasteiger partial charge in [0.05, 0.1) is 0 Å². The van der Waals surface area contributed by atoms with Crippen LogP contribution in [0, 0.1) is 0 Å². The third kappa shape index (κ3) is 3.07. The topological polar surface area (TPSA) is 88.4 Å². The van der Waals surface area contributed by atoms with Gasteiger partial charge in [0, 0.05) is 11.1 Å². The minimum Gasteiger partial charge on any atom is -0.336 e. The lowest BCUT2D eigenvalue weighted by atomic mass is 9.81. The van der Waals surface area contributed by atoms with Crippen LogP contribution in [0.5, 0.6) is 17.2 Å². The van der Waals surface area contributed by atoms with Crippen LogP contribution in [0.4, 0.5) is 0 Å². The number of rotatable bonds is 6. The molecule has 6 nitrogen and oxygen atoms in total. The van der Waals surface area contributed by atoms with E-state index in [4.69, 9.17) is 5.26 Å². The highest BCUT2D eigenvalue weighted by Crippen LogP contribution is 2.51. The molecule has 0 amide bonds. The number of hydrogen-bond donors (Lipinski definition) is 3. The first kappa shape index (κ1) is 17.6. The Balaban J connectivity index is 3.97. The zero-order valence-corrected chi connectivity index (χ0v) is 13.3. The molecule has 0 heterocycles. The first-order valence-corrected chi connectivity index (χ1v) is 6.99. The lowest BCUT2D eigenvalue weighted by Gasteiger charge is -2.26. The van der Waals surface area contributed by atoms with E-state index in [0.717, 1.165) is 5.56 Å². The Morgan fingerprint density at radius 1 is 0.524 bits per heavy atom. The number of hydrogen-bond acceptors (Lipinski definition) is 6. The molecule has 1 aromatic carbocycles. The predicted octanol–water partition coefficient (Wildman–Crippen LogP) is 4.61. The fourth-order valence-electron chi connectivity index (χ4n) is 2.77. The molecule has 6 heteroatoms. The van der Waals surface area contributed by atoms with Gasteiger partial charge in [-0.25, -0.2) is 15.8 Å². The van der Waals surface area contributed by atoms with E-state index >= 15 is 0 Å². The molecule has 3 N–H and O–H groups in total. The summed E-state index contributed by atoms with van der Waals surface area (Å²) < 4.78 is 0. The molecule has 0 fully saturated rings. The van der Waals surface area contributed by atoms with Gasteiger partial charge < -0.3 is 14.7 Å². The first-order chi connectivity index (χ1) is 9.81. The minimum absolute atomic E-state index is 0.00342. The molecule has 1 rings (SSSR count). The summed E-state index contributed by atoms with van der Waals surface area (Å²) in [7, 11) is 0. The van der Waals surface area contributed by atoms with Crippen LogP contribution in [-0.4, -0.2) is 15.8 Å². The van der Waals surface area contributed by atoms with E-state index in [1.165, 1.54) is 0 Å². The zero-order chi connectivity index (χ0) is 16.3. The van der Waals surface area contributed by atoms with Crippen molar-refractivity contribution in [2.75, 3.05) is 0 Å². The van der Waals surface area contributed by atoms with Crippen molar-refractivity contribution >= 4 is 0 Å². The highest BCUT2D eigenvalue weighted by molar-refractivity contribution is 5.65. The second-order valence-corrected chi connectivity index (χ2v) is 5.97. The molecule has 0 bridgehead atoms. The Kier molecular flexibility index (Phi) is 5.83. The summed E-state index contributed by atoms with van der Waals surface area (Å²) in [4.78, 5) is 13.1. The number of benzene rings is 1. The van der Waals surface area contributed by atoms with E-state index in [0.29, 0.717) is 11.1 Å². The second-order valence-electron chi connectivity index (χ2n) is 5.97. The maximum atomic E-state index is 9.21. The van der Waals surface area contributed by atoms with Crippen molar-refractivity contribution in [2.24, 2.45) is 0 Å². The quantitative estimate of drug-likeness (QED) is 0.525. The van der Waals surface area contributed by atoms with Crippen molar-refractivity contribution in [1.29, 1.82) is 0 Å². The molecule has 0 spiro atoms. The molecule has 120 valence electrons. The van der Waals surface area contributed by atoms with Crippen LogP contribution in [0.2, 0.25) is 0 Å². The summed E-state index contributed by atoms with van der Waals surface area (Å²) in [5, 5.41) is 27.5. The van der Waals surface area contributed by atoms with Crippen molar-refractivity contribution in [3.05, 3.63) is 16.7 Å². The van der Waals surface area contributed by atoms with Crippen molar-refractivity contribution in [1.82, 2.24) is 0 Å². The van der Waals surface area contributed by atoms with Gasteiger partial charge in [-0.2, -0.15) is 0 Å². The smallest absolute Gasteiger partial charge is 0.257 e. The maximum Gasteiger partial charge on any atom is 0.257 e. The highest BCUT2D eigenvalue weighted by Gasteiger charge is 2.32. The van der Waals surface area contributed by atoms with Gasteiger partial charge in [-0.3, -0.25) is 0 Å². The van der Waals surface area contributed by atoms with Gasteiger partial charge in [0.15, 0.2) is 0 Å². The molecule has 0 aliphatic rings. The van der Waals surface area contributed by atoms with E-state index in [9.17, 15) is 10.5 Å². The summed E-state index contributed by atoms with van der Waals surface area (Å²) in [6.45, 7) is 11.7. The van der Waals surface area contributed by atoms with E-state index in [2.05, 4.69) is 14.7 Å². The Hall–Kier alpha value is -1.50. The van der Waals surface area contributed by atoms with Crippen LogP contribution < -0.4 is 14.7 Å². The Morgan fingerprint density at radius 2 is 0.810 bits per heavy atom. The Labute approximate surface area is 124 Å². The van der Waals surface area contributed by atoms with Crippen LogP contribution >= 0.6 is 0 Å². The molecule has 1 aromatic rings. The normalized spacial score (nSPS) is 11.4. The van der Waals surface area contributed by atoms with Gasteiger partial charge in [0.1, 0.15) is 0 Å². The van der Waals surface area contributed by atoms with E-state index in [1.807, 2.05) is 41.5 Å². The SMILES string of the molecule is CC(C)c1c(OO)c(OO)c(OO)c(C(C)C)c1C(C)C. The van der Waals surface area contributed by atoms with Gasteiger partial charge in [-0.15, -0.1) is 0 Å². The largest absolute Gasteiger partial charge is 0.336 e. The molecule has 0 aliphatic carbocycles. The van der Waals surface area contributed by atoms with Gasteiger partial charge in [-0.05, 0) is 23.3 Å². The van der Waals surface area contributed by atoms with Crippen molar-refractivity contribution in [3.63, 3.8) is 0 Å². The molecular weight excluding hydrogens is 276 g/mol. The molecule has 0 unspecified atom stereocenters. The van der Waals surface area contributed by atoms with Crippen LogP contribution in [0.1, 0.15) is 76.0 Å². The van der Waals surface area contributed by atoms with Crippen LogP contribution in [0.25, 0.3) is 0 Å². The fraction of sp³-hybridized carbons (Fsp3) is 0.600. The monoisotopic (exact) mass is 300 g/mol. The highest BCUT2D eigenvalue weighted by atomic mass is 17.1. The summed E-state index contributed by atoms with van der Waals surface area (Å²) in [6.07, 6.45) is 0. The fourth-order valence-corrected chi connectivity index (χ4v) is 2.77. The van der Waals surface area contributed by atoms with Gasteiger partial charge >= 0.3 is 0 Å². The molecule has 0 aromatic heterocycles. The van der Waals surface area contributed by atoms with Gasteiger partial charge in [-0.1, -0.05) is 41.5 Å².